The summed E-state index contributed by atoms with van der Waals surface area (Å²) < 4.78 is 11.8. The van der Waals surface area contributed by atoms with E-state index in [1.807, 2.05) is 55.1 Å². The summed E-state index contributed by atoms with van der Waals surface area (Å²) in [4.78, 5) is 40.8. The number of amides is 2. The molecule has 0 aliphatic carbocycles. The second-order valence-corrected chi connectivity index (χ2v) is 9.72. The molecular formula is C25H22ClN3O5. The lowest BCUT2D eigenvalue weighted by Crippen LogP contribution is -2.72. The van der Waals surface area contributed by atoms with Crippen LogP contribution in [0.5, 0.6) is 0 Å². The number of fused-ring (bicyclic) bond motifs is 5. The minimum absolute atomic E-state index is 0.110. The van der Waals surface area contributed by atoms with Gasteiger partial charge in [0.15, 0.2) is 11.4 Å². The number of morpholine rings is 1. The lowest BCUT2D eigenvalue weighted by Gasteiger charge is -2.55. The zero-order valence-corrected chi connectivity index (χ0v) is 19.4. The molecule has 1 spiro atoms. The number of carbonyl (C=O) groups excluding carboxylic acids is 3. The highest BCUT2D eigenvalue weighted by Crippen LogP contribution is 2.52. The van der Waals surface area contributed by atoms with E-state index in [0.717, 1.165) is 16.8 Å². The van der Waals surface area contributed by atoms with Crippen LogP contribution >= 0.6 is 11.6 Å². The Morgan fingerprint density at radius 2 is 1.94 bits per heavy atom. The monoisotopic (exact) mass is 479 g/mol. The number of hydrogen-bond acceptors (Lipinski definition) is 7. The highest BCUT2D eigenvalue weighted by Gasteiger charge is 2.62. The maximum Gasteiger partial charge on any atom is 0.242 e. The van der Waals surface area contributed by atoms with Gasteiger partial charge >= 0.3 is 0 Å². The van der Waals surface area contributed by atoms with E-state index in [0.29, 0.717) is 28.2 Å². The molecule has 3 aromatic rings. The third kappa shape index (κ3) is 2.82. The van der Waals surface area contributed by atoms with Crippen LogP contribution in [0.4, 0.5) is 5.69 Å². The highest BCUT2D eigenvalue weighted by molar-refractivity contribution is 6.38. The van der Waals surface area contributed by atoms with E-state index in [1.54, 1.807) is 0 Å². The molecule has 2 amide bonds. The molecule has 1 unspecified atom stereocenters. The van der Waals surface area contributed by atoms with E-state index < -0.39 is 35.2 Å². The number of ketones is 1. The number of benzene rings is 2. The van der Waals surface area contributed by atoms with Gasteiger partial charge in [-0.25, -0.2) is 0 Å². The van der Waals surface area contributed by atoms with Crippen molar-refractivity contribution >= 4 is 45.9 Å². The average Bonchev–Trinajstić information content (AvgIpc) is 3.21. The summed E-state index contributed by atoms with van der Waals surface area (Å²) >= 11 is 6.94. The lowest BCUT2D eigenvalue weighted by molar-refractivity contribution is -0.158. The molecule has 0 radical (unpaired) electrons. The third-order valence-corrected chi connectivity index (χ3v) is 7.58. The van der Waals surface area contributed by atoms with Crippen molar-refractivity contribution in [2.75, 3.05) is 11.4 Å². The summed E-state index contributed by atoms with van der Waals surface area (Å²) in [6.45, 7) is 4.23. The predicted octanol–water partition coefficient (Wildman–Crippen LogP) is 3.29. The van der Waals surface area contributed by atoms with Crippen LogP contribution in [0.15, 0.2) is 40.9 Å². The summed E-state index contributed by atoms with van der Waals surface area (Å²) in [5.41, 5.74) is 1.96. The van der Waals surface area contributed by atoms with Crippen molar-refractivity contribution in [2.24, 2.45) is 5.41 Å². The second kappa shape index (κ2) is 7.38. The smallest absolute Gasteiger partial charge is 0.242 e. The van der Waals surface area contributed by atoms with Crippen molar-refractivity contribution in [2.45, 2.75) is 44.9 Å². The molecule has 0 saturated carbocycles. The molecule has 2 aromatic carbocycles. The van der Waals surface area contributed by atoms with Gasteiger partial charge in [0.1, 0.15) is 16.1 Å². The van der Waals surface area contributed by atoms with Crippen LogP contribution in [0.1, 0.15) is 25.8 Å². The van der Waals surface area contributed by atoms with Crippen LogP contribution in [0.2, 0.25) is 5.02 Å². The average molecular weight is 480 g/mol. The zero-order chi connectivity index (χ0) is 23.8. The fourth-order valence-electron chi connectivity index (χ4n) is 5.95. The molecule has 1 aromatic heterocycles. The Morgan fingerprint density at radius 3 is 2.68 bits per heavy atom. The van der Waals surface area contributed by atoms with Crippen molar-refractivity contribution in [1.29, 1.82) is 0 Å². The van der Waals surface area contributed by atoms with Crippen LogP contribution in [0, 0.1) is 5.41 Å². The maximum atomic E-state index is 13.4. The molecule has 2 saturated heterocycles. The van der Waals surface area contributed by atoms with Crippen LogP contribution in [-0.2, 0) is 25.5 Å². The molecule has 3 aliphatic rings. The molecule has 3 aliphatic heterocycles. The van der Waals surface area contributed by atoms with Crippen LogP contribution in [0.25, 0.3) is 22.2 Å². The standard InChI is InChI=1S/C25H22ClN3O5/c1-12-11-29-21-15(8-16-20(14-6-4-3-5-7-14)28-34-22(16)19(21)26)10-25(23(29)13(2)33-12)17(30)9-18(31)27-24(25)32/h3-8,12-13,23H,9-11H2,1-2H3,(H,27,31,32)/t12-,13+,23-,25?/m1/s1. The molecule has 4 heterocycles. The topological polar surface area (TPSA) is 102 Å². The first-order chi connectivity index (χ1) is 16.3. The highest BCUT2D eigenvalue weighted by atomic mass is 35.5. The van der Waals surface area contributed by atoms with Crippen LogP contribution in [-0.4, -0.2) is 47.5 Å². The molecule has 9 heteroatoms. The van der Waals surface area contributed by atoms with Crippen molar-refractivity contribution < 1.29 is 23.6 Å². The Labute approximate surface area is 200 Å². The Balaban J connectivity index is 1.61. The number of ether oxygens (including phenoxy) is 1. The molecule has 6 rings (SSSR count). The van der Waals surface area contributed by atoms with E-state index in [-0.39, 0.29) is 18.9 Å². The Hall–Kier alpha value is -3.23. The first kappa shape index (κ1) is 21.3. The summed E-state index contributed by atoms with van der Waals surface area (Å²) in [6.07, 6.45) is -0.828. The summed E-state index contributed by atoms with van der Waals surface area (Å²) in [7, 11) is 0. The summed E-state index contributed by atoms with van der Waals surface area (Å²) in [5, 5.41) is 7.78. The van der Waals surface area contributed by atoms with Gasteiger partial charge in [0.2, 0.25) is 11.8 Å². The number of aromatic nitrogens is 1. The molecule has 34 heavy (non-hydrogen) atoms. The Morgan fingerprint density at radius 1 is 1.18 bits per heavy atom. The molecule has 1 N–H and O–H groups in total. The number of imide groups is 1. The van der Waals surface area contributed by atoms with E-state index in [1.165, 1.54) is 0 Å². The Bertz CT molecular complexity index is 1350. The molecular weight excluding hydrogens is 458 g/mol. The van der Waals surface area contributed by atoms with Gasteiger partial charge in [-0.2, -0.15) is 0 Å². The lowest BCUT2D eigenvalue weighted by atomic mass is 9.63. The van der Waals surface area contributed by atoms with Gasteiger partial charge in [0.05, 0.1) is 35.7 Å². The number of nitrogens with one attached hydrogen (secondary N) is 1. The fourth-order valence-corrected chi connectivity index (χ4v) is 6.32. The van der Waals surface area contributed by atoms with Crippen molar-refractivity contribution in [3.63, 3.8) is 0 Å². The molecule has 8 nitrogen and oxygen atoms in total. The zero-order valence-electron chi connectivity index (χ0n) is 18.6. The van der Waals surface area contributed by atoms with Gasteiger partial charge in [-0.1, -0.05) is 47.1 Å². The van der Waals surface area contributed by atoms with Crippen molar-refractivity contribution in [1.82, 2.24) is 10.5 Å². The minimum atomic E-state index is -1.46. The molecule has 174 valence electrons. The summed E-state index contributed by atoms with van der Waals surface area (Å²) in [5.74, 6) is -1.55. The van der Waals surface area contributed by atoms with E-state index in [4.69, 9.17) is 20.9 Å². The first-order valence-corrected chi connectivity index (χ1v) is 11.6. The molecule has 2 fully saturated rings. The van der Waals surface area contributed by atoms with Gasteiger partial charge in [-0.15, -0.1) is 0 Å². The molecule has 0 bridgehead atoms. The maximum absolute atomic E-state index is 13.4. The quantitative estimate of drug-likeness (QED) is 0.422. The Kier molecular flexibility index (Phi) is 4.63. The van der Waals surface area contributed by atoms with Crippen molar-refractivity contribution in [3.8, 4) is 11.3 Å². The van der Waals surface area contributed by atoms with Crippen molar-refractivity contribution in [3.05, 3.63) is 47.0 Å². The number of carbonyl (C=O) groups is 3. The first-order valence-electron chi connectivity index (χ1n) is 11.3. The number of Topliss-reactive ketones (excluding diaryl/α,β-unsaturated/α-hetero) is 1. The number of anilines is 1. The van der Waals surface area contributed by atoms with Gasteiger partial charge in [0, 0.05) is 12.1 Å². The SMILES string of the molecule is C[C@@H]1CN2c3c(cc4c(-c5ccccc5)noc4c3Cl)CC3(C(=O)CC(=O)NC3=O)[C@H]2[C@H](C)O1. The minimum Gasteiger partial charge on any atom is -0.372 e. The number of rotatable bonds is 1. The number of halogens is 1. The largest absolute Gasteiger partial charge is 0.372 e. The van der Waals surface area contributed by atoms with Crippen LogP contribution < -0.4 is 10.2 Å². The predicted molar refractivity (Wildman–Crippen MR) is 125 cm³/mol. The number of piperidine rings is 1. The summed E-state index contributed by atoms with van der Waals surface area (Å²) in [6, 6.07) is 10.9. The van der Waals surface area contributed by atoms with Gasteiger partial charge in [0.25, 0.3) is 0 Å². The van der Waals surface area contributed by atoms with Gasteiger partial charge in [-0.3, -0.25) is 19.7 Å². The van der Waals surface area contributed by atoms with E-state index in [9.17, 15) is 14.4 Å². The molecule has 4 atom stereocenters. The second-order valence-electron chi connectivity index (χ2n) is 9.35. The van der Waals surface area contributed by atoms with E-state index >= 15 is 0 Å². The van der Waals surface area contributed by atoms with E-state index in [2.05, 4.69) is 10.5 Å². The van der Waals surface area contributed by atoms with Gasteiger partial charge in [-0.05, 0) is 31.9 Å². The van der Waals surface area contributed by atoms with Crippen LogP contribution in [0.3, 0.4) is 0 Å². The normalized spacial score (nSPS) is 28.7. The number of nitrogens with zero attached hydrogens (tertiary/aromatic N) is 2. The van der Waals surface area contributed by atoms with Gasteiger partial charge < -0.3 is 14.2 Å². The fraction of sp³-hybridized carbons (Fsp3) is 0.360. The number of hydrogen-bond donors (Lipinski definition) is 1. The third-order valence-electron chi connectivity index (χ3n) is 7.22.